The van der Waals surface area contributed by atoms with E-state index in [1.165, 1.54) is 0 Å². The Hall–Kier alpha value is -1.24. The van der Waals surface area contributed by atoms with E-state index < -0.39 is 0 Å². The number of pyridine rings is 1. The molecule has 2 rings (SSSR count). The number of aromatic nitrogens is 3. The lowest BCUT2D eigenvalue weighted by Crippen LogP contribution is -2.05. The van der Waals surface area contributed by atoms with E-state index in [4.69, 9.17) is 0 Å². The van der Waals surface area contributed by atoms with E-state index >= 15 is 0 Å². The predicted octanol–water partition coefficient (Wildman–Crippen LogP) is 2.75. The number of nitrogens with zero attached hydrogens (tertiary/aromatic N) is 3. The first kappa shape index (κ1) is 12.2. The minimum atomic E-state index is 0.673. The number of halogens is 1. The Morgan fingerprint density at radius 1 is 1.29 bits per heavy atom. The SMILES string of the molecule is CCc1nc(-c2ccccn2)nc(NC)c1I. The van der Waals surface area contributed by atoms with Crippen molar-refractivity contribution < 1.29 is 0 Å². The second-order valence-corrected chi connectivity index (χ2v) is 4.55. The molecule has 2 heterocycles. The van der Waals surface area contributed by atoms with E-state index in [1.54, 1.807) is 6.20 Å². The quantitative estimate of drug-likeness (QED) is 0.873. The molecule has 2 aromatic rings. The maximum atomic E-state index is 4.55. The number of nitrogens with one attached hydrogen (secondary N) is 1. The van der Waals surface area contributed by atoms with Crippen LogP contribution in [0.3, 0.4) is 0 Å². The summed E-state index contributed by atoms with van der Waals surface area (Å²) in [5, 5.41) is 3.09. The molecule has 0 fully saturated rings. The summed E-state index contributed by atoms with van der Waals surface area (Å²) in [5.74, 6) is 1.53. The summed E-state index contributed by atoms with van der Waals surface area (Å²) in [7, 11) is 1.87. The maximum Gasteiger partial charge on any atom is 0.180 e. The molecule has 0 amide bonds. The van der Waals surface area contributed by atoms with Gasteiger partial charge in [-0.15, -0.1) is 0 Å². The van der Waals surface area contributed by atoms with E-state index in [9.17, 15) is 0 Å². The highest BCUT2D eigenvalue weighted by Gasteiger charge is 2.11. The van der Waals surface area contributed by atoms with Gasteiger partial charge in [0.2, 0.25) is 0 Å². The molecule has 0 aliphatic carbocycles. The zero-order valence-corrected chi connectivity index (χ0v) is 11.9. The van der Waals surface area contributed by atoms with Crippen LogP contribution in [-0.4, -0.2) is 22.0 Å². The zero-order chi connectivity index (χ0) is 12.3. The number of aryl methyl sites for hydroxylation is 1. The minimum Gasteiger partial charge on any atom is -0.372 e. The Morgan fingerprint density at radius 2 is 2.12 bits per heavy atom. The molecule has 0 aliphatic rings. The molecule has 88 valence electrons. The summed E-state index contributed by atoms with van der Waals surface area (Å²) >= 11 is 2.27. The average molecular weight is 340 g/mol. The van der Waals surface area contributed by atoms with Gasteiger partial charge in [-0.1, -0.05) is 13.0 Å². The Morgan fingerprint density at radius 3 is 2.71 bits per heavy atom. The standard InChI is InChI=1S/C12H13IN4/c1-3-8-10(13)12(14-2)17-11(16-8)9-6-4-5-7-15-9/h4-7H,3H2,1-2H3,(H,14,16,17). The molecule has 0 unspecified atom stereocenters. The molecule has 0 atom stereocenters. The van der Waals surface area contributed by atoms with E-state index in [1.807, 2.05) is 25.2 Å². The fraction of sp³-hybridized carbons (Fsp3) is 0.250. The Balaban J connectivity index is 2.56. The van der Waals surface area contributed by atoms with Crippen LogP contribution in [0.4, 0.5) is 5.82 Å². The van der Waals surface area contributed by atoms with E-state index in [0.29, 0.717) is 5.82 Å². The van der Waals surface area contributed by atoms with E-state index in [-0.39, 0.29) is 0 Å². The van der Waals surface area contributed by atoms with Crippen LogP contribution in [0, 0.1) is 3.57 Å². The number of rotatable bonds is 3. The van der Waals surface area contributed by atoms with Gasteiger partial charge in [-0.25, -0.2) is 9.97 Å². The van der Waals surface area contributed by atoms with Crippen LogP contribution in [0.5, 0.6) is 0 Å². The fourth-order valence-corrected chi connectivity index (χ4v) is 2.40. The van der Waals surface area contributed by atoms with Crippen molar-refractivity contribution in [3.63, 3.8) is 0 Å². The normalized spacial score (nSPS) is 10.3. The molecule has 5 heteroatoms. The highest BCUT2D eigenvalue weighted by atomic mass is 127. The molecule has 17 heavy (non-hydrogen) atoms. The monoisotopic (exact) mass is 340 g/mol. The third-order valence-electron chi connectivity index (χ3n) is 2.39. The fourth-order valence-electron chi connectivity index (χ4n) is 1.50. The van der Waals surface area contributed by atoms with Gasteiger partial charge in [-0.3, -0.25) is 4.98 Å². The van der Waals surface area contributed by atoms with Crippen molar-refractivity contribution >= 4 is 28.4 Å². The van der Waals surface area contributed by atoms with Gasteiger partial charge in [0.25, 0.3) is 0 Å². The summed E-state index contributed by atoms with van der Waals surface area (Å²) < 4.78 is 1.08. The van der Waals surface area contributed by atoms with Crippen molar-refractivity contribution in [1.82, 2.24) is 15.0 Å². The Labute approximate surface area is 114 Å². The van der Waals surface area contributed by atoms with Crippen molar-refractivity contribution in [2.45, 2.75) is 13.3 Å². The molecular formula is C12H13IN4. The molecule has 0 saturated carbocycles. The van der Waals surface area contributed by atoms with Gasteiger partial charge in [0.15, 0.2) is 5.82 Å². The van der Waals surface area contributed by atoms with Gasteiger partial charge < -0.3 is 5.32 Å². The molecule has 2 aromatic heterocycles. The smallest absolute Gasteiger partial charge is 0.180 e. The lowest BCUT2D eigenvalue weighted by Gasteiger charge is -2.09. The summed E-state index contributed by atoms with van der Waals surface area (Å²) in [6.07, 6.45) is 2.64. The molecule has 0 aliphatic heterocycles. The molecule has 4 nitrogen and oxygen atoms in total. The Bertz CT molecular complexity index is 488. The summed E-state index contributed by atoms with van der Waals surface area (Å²) in [6.45, 7) is 2.09. The van der Waals surface area contributed by atoms with E-state index in [2.05, 4.69) is 49.8 Å². The first-order valence-electron chi connectivity index (χ1n) is 5.41. The van der Waals surface area contributed by atoms with Crippen molar-refractivity contribution in [2.75, 3.05) is 12.4 Å². The van der Waals surface area contributed by atoms with Crippen LogP contribution in [0.1, 0.15) is 12.6 Å². The van der Waals surface area contributed by atoms with Crippen molar-refractivity contribution in [3.8, 4) is 11.5 Å². The van der Waals surface area contributed by atoms with Gasteiger partial charge in [-0.05, 0) is 41.1 Å². The van der Waals surface area contributed by atoms with Gasteiger partial charge in [0.1, 0.15) is 11.5 Å². The van der Waals surface area contributed by atoms with Gasteiger partial charge in [0.05, 0.1) is 9.26 Å². The first-order valence-corrected chi connectivity index (χ1v) is 6.49. The van der Waals surface area contributed by atoms with Crippen molar-refractivity contribution in [2.24, 2.45) is 0 Å². The van der Waals surface area contributed by atoms with Crippen LogP contribution in [0.15, 0.2) is 24.4 Å². The number of hydrogen-bond donors (Lipinski definition) is 1. The number of hydrogen-bond acceptors (Lipinski definition) is 4. The van der Waals surface area contributed by atoms with Crippen molar-refractivity contribution in [1.29, 1.82) is 0 Å². The molecule has 0 saturated heterocycles. The van der Waals surface area contributed by atoms with Crippen LogP contribution < -0.4 is 5.32 Å². The molecule has 0 spiro atoms. The summed E-state index contributed by atoms with van der Waals surface area (Å²) in [6, 6.07) is 5.74. The van der Waals surface area contributed by atoms with Gasteiger partial charge in [0, 0.05) is 13.2 Å². The number of anilines is 1. The highest BCUT2D eigenvalue weighted by molar-refractivity contribution is 14.1. The third kappa shape index (κ3) is 2.54. The highest BCUT2D eigenvalue weighted by Crippen LogP contribution is 2.22. The maximum absolute atomic E-state index is 4.55. The van der Waals surface area contributed by atoms with Gasteiger partial charge in [-0.2, -0.15) is 0 Å². The second-order valence-electron chi connectivity index (χ2n) is 3.48. The predicted molar refractivity (Wildman–Crippen MR) is 76.9 cm³/mol. The van der Waals surface area contributed by atoms with Gasteiger partial charge >= 0.3 is 0 Å². The molecule has 0 aromatic carbocycles. The lowest BCUT2D eigenvalue weighted by molar-refractivity contribution is 0.983. The van der Waals surface area contributed by atoms with Crippen LogP contribution in [-0.2, 0) is 6.42 Å². The van der Waals surface area contributed by atoms with Crippen molar-refractivity contribution in [3.05, 3.63) is 33.7 Å². The largest absolute Gasteiger partial charge is 0.372 e. The summed E-state index contributed by atoms with van der Waals surface area (Å²) in [4.78, 5) is 13.3. The molecule has 1 N–H and O–H groups in total. The Kier molecular flexibility index (Phi) is 3.88. The second kappa shape index (κ2) is 5.39. The van der Waals surface area contributed by atoms with Crippen LogP contribution in [0.25, 0.3) is 11.5 Å². The minimum absolute atomic E-state index is 0.673. The molecule has 0 radical (unpaired) electrons. The topological polar surface area (TPSA) is 50.7 Å². The third-order valence-corrected chi connectivity index (χ3v) is 3.52. The van der Waals surface area contributed by atoms with Crippen LogP contribution >= 0.6 is 22.6 Å². The molecular weight excluding hydrogens is 327 g/mol. The summed E-state index contributed by atoms with van der Waals surface area (Å²) in [5.41, 5.74) is 1.85. The zero-order valence-electron chi connectivity index (χ0n) is 9.74. The first-order chi connectivity index (χ1) is 8.26. The molecule has 0 bridgehead atoms. The lowest BCUT2D eigenvalue weighted by atomic mass is 10.3. The van der Waals surface area contributed by atoms with Crippen LogP contribution in [0.2, 0.25) is 0 Å². The average Bonchev–Trinajstić information content (AvgIpc) is 2.40. The van der Waals surface area contributed by atoms with E-state index in [0.717, 1.165) is 27.2 Å².